The van der Waals surface area contributed by atoms with Crippen LogP contribution in [0.1, 0.15) is 67.9 Å². The largest absolute Gasteiger partial charge is 0.475 e. The summed E-state index contributed by atoms with van der Waals surface area (Å²) < 4.78 is 6.20. The lowest BCUT2D eigenvalue weighted by molar-refractivity contribution is -0.144. The molecule has 1 saturated carbocycles. The molecule has 1 spiro atoms. The first-order valence-electron chi connectivity index (χ1n) is 16.4. The van der Waals surface area contributed by atoms with Crippen LogP contribution in [0.15, 0.2) is 102 Å². The van der Waals surface area contributed by atoms with E-state index in [0.717, 1.165) is 31.2 Å². The van der Waals surface area contributed by atoms with Crippen molar-refractivity contribution in [2.24, 2.45) is 10.9 Å². The summed E-state index contributed by atoms with van der Waals surface area (Å²) in [4.78, 5) is 50.1. The number of nitrogens with zero attached hydrogens (tertiary/aromatic N) is 3. The van der Waals surface area contributed by atoms with E-state index in [0.29, 0.717) is 23.4 Å². The average Bonchev–Trinajstić information content (AvgIpc) is 3.73. The Morgan fingerprint density at radius 2 is 1.57 bits per heavy atom. The standard InChI is InChI=1S/C38H42N4O5/c1-26(2)33-35(45)42(31(29-17-9-5-10-18-29)24-41(33)34(44)30-19-11-6-12-20-30)32(23-28-15-7-4-8-16-28)38(46,39-27(3)43)36-40-37(25-47-36)21-13-14-22-37/h4-12,15-20,24,26,32-33,46H,13-14,21-23,25H2,1-3H3,(H,39,43)/t32-,33?,38?/m0/s1. The smallest absolute Gasteiger partial charge is 0.258 e. The van der Waals surface area contributed by atoms with Crippen LogP contribution in [0.3, 0.4) is 0 Å². The molecule has 3 amide bonds. The Morgan fingerprint density at radius 1 is 0.979 bits per heavy atom. The Morgan fingerprint density at radius 3 is 2.17 bits per heavy atom. The molecule has 3 aromatic rings. The monoisotopic (exact) mass is 634 g/mol. The highest BCUT2D eigenvalue weighted by molar-refractivity contribution is 6.03. The molecule has 1 fully saturated rings. The highest BCUT2D eigenvalue weighted by Gasteiger charge is 2.56. The molecule has 47 heavy (non-hydrogen) atoms. The second-order valence-corrected chi connectivity index (χ2v) is 13.1. The van der Waals surface area contributed by atoms with Crippen molar-refractivity contribution in [3.8, 4) is 0 Å². The van der Waals surface area contributed by atoms with E-state index in [1.807, 2.05) is 80.6 Å². The van der Waals surface area contributed by atoms with Crippen molar-refractivity contribution in [2.45, 2.75) is 76.2 Å². The lowest BCUT2D eigenvalue weighted by atomic mass is 9.88. The maximum atomic E-state index is 15.1. The van der Waals surface area contributed by atoms with Crippen LogP contribution in [0.4, 0.5) is 0 Å². The second kappa shape index (κ2) is 13.2. The van der Waals surface area contributed by atoms with Crippen molar-refractivity contribution in [2.75, 3.05) is 6.61 Å². The van der Waals surface area contributed by atoms with Crippen LogP contribution in [0.5, 0.6) is 0 Å². The van der Waals surface area contributed by atoms with Gasteiger partial charge >= 0.3 is 0 Å². The Labute approximate surface area is 275 Å². The zero-order valence-electron chi connectivity index (χ0n) is 27.1. The predicted molar refractivity (Wildman–Crippen MR) is 180 cm³/mol. The van der Waals surface area contributed by atoms with Crippen molar-refractivity contribution in [3.05, 3.63) is 114 Å². The fraction of sp³-hybridized carbons (Fsp3) is 0.368. The number of ether oxygens (including phenoxy) is 1. The van der Waals surface area contributed by atoms with E-state index in [-0.39, 0.29) is 30.1 Å². The molecule has 3 aromatic carbocycles. The first-order valence-corrected chi connectivity index (χ1v) is 16.4. The first-order chi connectivity index (χ1) is 22.6. The molecule has 2 heterocycles. The molecule has 6 rings (SSSR count). The van der Waals surface area contributed by atoms with Gasteiger partial charge in [-0.15, -0.1) is 0 Å². The van der Waals surface area contributed by atoms with Crippen LogP contribution in [0.2, 0.25) is 0 Å². The summed E-state index contributed by atoms with van der Waals surface area (Å²) in [5.41, 5.74) is -0.296. The lowest BCUT2D eigenvalue weighted by Crippen LogP contribution is -2.70. The highest BCUT2D eigenvalue weighted by atomic mass is 16.5. The number of aliphatic hydroxyl groups is 1. The van der Waals surface area contributed by atoms with Gasteiger partial charge in [-0.2, -0.15) is 0 Å². The third-order valence-corrected chi connectivity index (χ3v) is 9.38. The van der Waals surface area contributed by atoms with Crippen molar-refractivity contribution in [1.82, 2.24) is 15.1 Å². The summed E-state index contributed by atoms with van der Waals surface area (Å²) in [5, 5.41) is 15.6. The number of carbonyl (C=O) groups is 3. The molecule has 0 radical (unpaired) electrons. The zero-order valence-corrected chi connectivity index (χ0v) is 27.1. The van der Waals surface area contributed by atoms with E-state index >= 15 is 4.79 Å². The summed E-state index contributed by atoms with van der Waals surface area (Å²) in [6.07, 6.45) is 5.50. The third-order valence-electron chi connectivity index (χ3n) is 9.38. The fourth-order valence-corrected chi connectivity index (χ4v) is 7.10. The number of nitrogens with one attached hydrogen (secondary N) is 1. The summed E-state index contributed by atoms with van der Waals surface area (Å²) in [6, 6.07) is 25.7. The van der Waals surface area contributed by atoms with Gasteiger partial charge in [-0.25, -0.2) is 4.99 Å². The van der Waals surface area contributed by atoms with E-state index in [1.54, 1.807) is 35.4 Å². The first kappa shape index (κ1) is 32.2. The topological polar surface area (TPSA) is 112 Å². The molecule has 244 valence electrons. The molecule has 3 atom stereocenters. The zero-order chi connectivity index (χ0) is 33.2. The van der Waals surface area contributed by atoms with Gasteiger partial charge in [0.05, 0.1) is 17.3 Å². The molecule has 3 aliphatic rings. The fourth-order valence-electron chi connectivity index (χ4n) is 7.10. The molecule has 0 aromatic heterocycles. The quantitative estimate of drug-likeness (QED) is 0.316. The maximum Gasteiger partial charge on any atom is 0.258 e. The minimum atomic E-state index is -2.19. The number of benzene rings is 3. The van der Waals surface area contributed by atoms with E-state index < -0.39 is 29.3 Å². The van der Waals surface area contributed by atoms with E-state index in [1.165, 1.54) is 11.8 Å². The van der Waals surface area contributed by atoms with Gasteiger partial charge in [0.15, 0.2) is 0 Å². The van der Waals surface area contributed by atoms with Gasteiger partial charge in [-0.05, 0) is 48.4 Å². The molecule has 9 heteroatoms. The molecule has 2 N–H and O–H groups in total. The van der Waals surface area contributed by atoms with Crippen molar-refractivity contribution >= 4 is 29.3 Å². The van der Waals surface area contributed by atoms with Crippen LogP contribution >= 0.6 is 0 Å². The number of hydrogen-bond donors (Lipinski definition) is 2. The minimum Gasteiger partial charge on any atom is -0.475 e. The number of rotatable bonds is 9. The number of amides is 3. The summed E-state index contributed by atoms with van der Waals surface area (Å²) in [5.74, 6) is -1.49. The Kier molecular flexibility index (Phi) is 9.01. The lowest BCUT2D eigenvalue weighted by Gasteiger charge is -2.48. The molecule has 2 unspecified atom stereocenters. The van der Waals surface area contributed by atoms with E-state index in [9.17, 15) is 14.7 Å². The van der Waals surface area contributed by atoms with Crippen LogP contribution < -0.4 is 5.32 Å². The van der Waals surface area contributed by atoms with Gasteiger partial charge in [-0.1, -0.05) is 106 Å². The Balaban J connectivity index is 1.57. The number of hydrogen-bond acceptors (Lipinski definition) is 6. The second-order valence-electron chi connectivity index (χ2n) is 13.1. The SMILES string of the molecule is CC(=O)NC(O)(C1=NC2(CCCC2)CO1)[C@H](Cc1ccccc1)N1C(=O)C(C(C)C)N(C(=O)c2ccccc2)C=C1c1ccccc1. The normalized spacial score (nSPS) is 20.8. The summed E-state index contributed by atoms with van der Waals surface area (Å²) >= 11 is 0. The summed E-state index contributed by atoms with van der Waals surface area (Å²) in [7, 11) is 0. The van der Waals surface area contributed by atoms with Gasteiger partial charge in [-0.3, -0.25) is 19.3 Å². The number of aliphatic imine (C=N–C) groups is 1. The van der Waals surface area contributed by atoms with Gasteiger partial charge in [0.1, 0.15) is 12.6 Å². The summed E-state index contributed by atoms with van der Waals surface area (Å²) in [6.45, 7) is 5.42. The van der Waals surface area contributed by atoms with Crippen molar-refractivity contribution in [3.63, 3.8) is 0 Å². The highest BCUT2D eigenvalue weighted by Crippen LogP contribution is 2.41. The molecule has 2 aliphatic heterocycles. The van der Waals surface area contributed by atoms with Crippen LogP contribution in [-0.2, 0) is 20.7 Å². The predicted octanol–water partition coefficient (Wildman–Crippen LogP) is 5.17. The van der Waals surface area contributed by atoms with Gasteiger partial charge in [0, 0.05) is 18.7 Å². The van der Waals surface area contributed by atoms with Crippen molar-refractivity contribution in [1.29, 1.82) is 0 Å². The Bertz CT molecular complexity index is 1670. The van der Waals surface area contributed by atoms with E-state index in [2.05, 4.69) is 5.32 Å². The van der Waals surface area contributed by atoms with Gasteiger partial charge in [0.2, 0.25) is 17.5 Å². The molecule has 0 bridgehead atoms. The third kappa shape index (κ3) is 6.32. The molecule has 1 aliphatic carbocycles. The maximum absolute atomic E-state index is 15.1. The molecular formula is C38H42N4O5. The van der Waals surface area contributed by atoms with Crippen LogP contribution in [0, 0.1) is 5.92 Å². The molecule has 9 nitrogen and oxygen atoms in total. The van der Waals surface area contributed by atoms with Crippen LogP contribution in [0.25, 0.3) is 5.70 Å². The molecule has 0 saturated heterocycles. The van der Waals surface area contributed by atoms with Crippen LogP contribution in [-0.4, -0.2) is 68.5 Å². The van der Waals surface area contributed by atoms with Crippen molar-refractivity contribution < 1.29 is 24.2 Å². The Hall–Kier alpha value is -4.76. The van der Waals surface area contributed by atoms with E-state index in [4.69, 9.17) is 9.73 Å². The van der Waals surface area contributed by atoms with Gasteiger partial charge < -0.3 is 20.1 Å². The number of carbonyl (C=O) groups excluding carboxylic acids is 3. The average molecular weight is 635 g/mol. The minimum absolute atomic E-state index is 0.000341. The molecular weight excluding hydrogens is 592 g/mol. The van der Waals surface area contributed by atoms with Gasteiger partial charge in [0.25, 0.3) is 11.8 Å².